The molecular weight excluding hydrogens is 208 g/mol. The van der Waals surface area contributed by atoms with Gasteiger partial charge in [-0.25, -0.2) is 8.78 Å². The van der Waals surface area contributed by atoms with Crippen LogP contribution >= 0.6 is 11.6 Å². The van der Waals surface area contributed by atoms with E-state index >= 15 is 0 Å². The summed E-state index contributed by atoms with van der Waals surface area (Å²) in [6.45, 7) is 0.273. The van der Waals surface area contributed by atoms with Crippen molar-refractivity contribution < 1.29 is 8.78 Å². The molecule has 0 heterocycles. The van der Waals surface area contributed by atoms with Crippen molar-refractivity contribution in [3.8, 4) is 0 Å². The van der Waals surface area contributed by atoms with E-state index in [0.717, 1.165) is 0 Å². The zero-order valence-electron chi connectivity index (χ0n) is 7.49. The summed E-state index contributed by atoms with van der Waals surface area (Å²) in [5, 5.41) is 2.94. The van der Waals surface area contributed by atoms with E-state index in [1.165, 1.54) is 12.1 Å². The average molecular weight is 218 g/mol. The van der Waals surface area contributed by atoms with Gasteiger partial charge in [-0.2, -0.15) is 0 Å². The molecule has 76 valence electrons. The first kappa shape index (κ1) is 9.71. The minimum atomic E-state index is -1.05. The molecule has 1 N–H and O–H groups in total. The van der Waals surface area contributed by atoms with Crippen molar-refractivity contribution in [2.45, 2.75) is 18.5 Å². The van der Waals surface area contributed by atoms with Gasteiger partial charge in [0.15, 0.2) is 0 Å². The van der Waals surface area contributed by atoms with Gasteiger partial charge in [-0.3, -0.25) is 0 Å². The van der Waals surface area contributed by atoms with E-state index in [-0.39, 0.29) is 11.6 Å². The topological polar surface area (TPSA) is 12.0 Å². The first-order valence-electron chi connectivity index (χ1n) is 4.47. The minimum absolute atomic E-state index is 0.0544. The van der Waals surface area contributed by atoms with Gasteiger partial charge in [-0.1, -0.05) is 11.6 Å². The zero-order valence-corrected chi connectivity index (χ0v) is 8.24. The Bertz CT molecular complexity index is 350. The van der Waals surface area contributed by atoms with E-state index in [1.807, 2.05) is 0 Å². The fourth-order valence-corrected chi connectivity index (χ4v) is 1.36. The van der Waals surface area contributed by atoms with Crippen LogP contribution < -0.4 is 5.32 Å². The molecule has 14 heavy (non-hydrogen) atoms. The lowest BCUT2D eigenvalue weighted by atomic mass is 10.3. The van der Waals surface area contributed by atoms with Gasteiger partial charge in [0.2, 0.25) is 0 Å². The molecule has 1 aromatic carbocycles. The van der Waals surface area contributed by atoms with E-state index < -0.39 is 11.5 Å². The summed E-state index contributed by atoms with van der Waals surface area (Å²) in [5.41, 5.74) is -0.402. The highest BCUT2D eigenvalue weighted by Gasteiger charge is 2.42. The van der Waals surface area contributed by atoms with Crippen LogP contribution in [0.25, 0.3) is 0 Å². The van der Waals surface area contributed by atoms with Crippen molar-refractivity contribution in [2.75, 3.05) is 11.9 Å². The van der Waals surface area contributed by atoms with Crippen molar-refractivity contribution in [1.29, 1.82) is 0 Å². The Morgan fingerprint density at radius 3 is 2.71 bits per heavy atom. The van der Waals surface area contributed by atoms with E-state index in [4.69, 9.17) is 11.6 Å². The van der Waals surface area contributed by atoms with Gasteiger partial charge in [0.1, 0.15) is 11.5 Å². The second kappa shape index (κ2) is 3.39. The summed E-state index contributed by atoms with van der Waals surface area (Å²) >= 11 is 5.57. The third-order valence-electron chi connectivity index (χ3n) is 2.32. The lowest BCUT2D eigenvalue weighted by Crippen LogP contribution is -2.15. The average Bonchev–Trinajstić information content (AvgIpc) is 2.87. The van der Waals surface area contributed by atoms with Crippen molar-refractivity contribution >= 4 is 17.3 Å². The first-order chi connectivity index (χ1) is 6.59. The Hall–Kier alpha value is -0.830. The lowest BCUT2D eigenvalue weighted by Gasteiger charge is -2.09. The molecule has 0 aromatic heterocycles. The van der Waals surface area contributed by atoms with Crippen LogP contribution in [0.15, 0.2) is 18.2 Å². The molecular formula is C10H10ClF2N. The summed E-state index contributed by atoms with van der Waals surface area (Å²) < 4.78 is 25.9. The van der Waals surface area contributed by atoms with Crippen LogP contribution in [0.1, 0.15) is 12.8 Å². The Labute approximate surface area is 86.1 Å². The van der Waals surface area contributed by atoms with E-state index in [0.29, 0.717) is 18.5 Å². The maximum atomic E-state index is 13.2. The molecule has 0 aliphatic heterocycles. The fourth-order valence-electron chi connectivity index (χ4n) is 1.18. The van der Waals surface area contributed by atoms with Gasteiger partial charge in [0.25, 0.3) is 0 Å². The molecule has 1 aliphatic carbocycles. The Morgan fingerprint density at radius 2 is 2.14 bits per heavy atom. The number of hydrogen-bond acceptors (Lipinski definition) is 1. The Kier molecular flexibility index (Phi) is 2.35. The summed E-state index contributed by atoms with van der Waals surface area (Å²) in [4.78, 5) is 0. The van der Waals surface area contributed by atoms with Crippen LogP contribution in [0.5, 0.6) is 0 Å². The molecule has 2 rings (SSSR count). The smallest absolute Gasteiger partial charge is 0.141 e. The van der Waals surface area contributed by atoms with Crippen LogP contribution in [0, 0.1) is 5.82 Å². The molecule has 1 saturated carbocycles. The van der Waals surface area contributed by atoms with E-state index in [2.05, 4.69) is 5.32 Å². The summed E-state index contributed by atoms with van der Waals surface area (Å²) in [7, 11) is 0. The van der Waals surface area contributed by atoms with Gasteiger partial charge in [0, 0.05) is 12.2 Å². The van der Waals surface area contributed by atoms with Crippen molar-refractivity contribution in [2.24, 2.45) is 0 Å². The number of anilines is 1. The normalized spacial score (nSPS) is 17.9. The third kappa shape index (κ3) is 2.15. The monoisotopic (exact) mass is 217 g/mol. The Balaban J connectivity index is 1.99. The zero-order chi connectivity index (χ0) is 10.2. The largest absolute Gasteiger partial charge is 0.382 e. The highest BCUT2D eigenvalue weighted by atomic mass is 35.5. The molecule has 0 spiro atoms. The maximum absolute atomic E-state index is 13.2. The lowest BCUT2D eigenvalue weighted by molar-refractivity contribution is 0.326. The van der Waals surface area contributed by atoms with Crippen LogP contribution in [-0.4, -0.2) is 12.2 Å². The molecule has 0 radical (unpaired) electrons. The number of alkyl halides is 1. The van der Waals surface area contributed by atoms with Crippen molar-refractivity contribution in [3.05, 3.63) is 29.0 Å². The maximum Gasteiger partial charge on any atom is 0.141 e. The van der Waals surface area contributed by atoms with Gasteiger partial charge < -0.3 is 5.32 Å². The number of hydrogen-bond donors (Lipinski definition) is 1. The minimum Gasteiger partial charge on any atom is -0.382 e. The summed E-state index contributed by atoms with van der Waals surface area (Å²) in [6, 6.07) is 4.28. The predicted octanol–water partition coefficient (Wildman–Crippen LogP) is 3.39. The standard InChI is InChI=1S/C10H10ClF2N/c11-8-5-7(1-2-9(8)12)14-6-10(13)3-4-10/h1-2,5,14H,3-4,6H2. The van der Waals surface area contributed by atoms with Gasteiger partial charge in [0.05, 0.1) is 5.02 Å². The molecule has 1 fully saturated rings. The summed E-state index contributed by atoms with van der Waals surface area (Å²) in [6.07, 6.45) is 1.21. The highest BCUT2D eigenvalue weighted by molar-refractivity contribution is 6.31. The van der Waals surface area contributed by atoms with Crippen molar-refractivity contribution in [1.82, 2.24) is 0 Å². The second-order valence-electron chi connectivity index (χ2n) is 3.63. The van der Waals surface area contributed by atoms with Crippen LogP contribution in [0.3, 0.4) is 0 Å². The van der Waals surface area contributed by atoms with Gasteiger partial charge in [-0.05, 0) is 31.0 Å². The molecule has 0 atom stereocenters. The van der Waals surface area contributed by atoms with Gasteiger partial charge >= 0.3 is 0 Å². The molecule has 4 heteroatoms. The molecule has 0 saturated heterocycles. The van der Waals surface area contributed by atoms with Crippen LogP contribution in [0.4, 0.5) is 14.5 Å². The van der Waals surface area contributed by atoms with E-state index in [1.54, 1.807) is 6.07 Å². The van der Waals surface area contributed by atoms with Crippen LogP contribution in [-0.2, 0) is 0 Å². The summed E-state index contributed by atoms with van der Waals surface area (Å²) in [5.74, 6) is -0.460. The van der Waals surface area contributed by atoms with E-state index in [9.17, 15) is 8.78 Å². The molecule has 1 nitrogen and oxygen atoms in total. The molecule has 0 bridgehead atoms. The first-order valence-corrected chi connectivity index (χ1v) is 4.85. The molecule has 1 aliphatic rings. The second-order valence-corrected chi connectivity index (χ2v) is 4.04. The number of nitrogens with one attached hydrogen (secondary N) is 1. The van der Waals surface area contributed by atoms with Crippen molar-refractivity contribution in [3.63, 3.8) is 0 Å². The number of benzene rings is 1. The fraction of sp³-hybridized carbons (Fsp3) is 0.400. The van der Waals surface area contributed by atoms with Gasteiger partial charge in [-0.15, -0.1) is 0 Å². The highest BCUT2D eigenvalue weighted by Crippen LogP contribution is 2.39. The Morgan fingerprint density at radius 1 is 1.43 bits per heavy atom. The van der Waals surface area contributed by atoms with Crippen LogP contribution in [0.2, 0.25) is 5.02 Å². The predicted molar refractivity (Wildman–Crippen MR) is 53.0 cm³/mol. The molecule has 0 unspecified atom stereocenters. The molecule has 1 aromatic rings. The SMILES string of the molecule is Fc1ccc(NCC2(F)CC2)cc1Cl. The number of rotatable bonds is 3. The number of halogens is 3. The third-order valence-corrected chi connectivity index (χ3v) is 2.61. The quantitative estimate of drug-likeness (QED) is 0.819. The molecule has 0 amide bonds.